The molecule has 2 aromatic carbocycles. The fraction of sp³-hybridized carbons (Fsp3) is 0.529. The van der Waals surface area contributed by atoms with Gasteiger partial charge in [0, 0.05) is 32.5 Å². The second kappa shape index (κ2) is 11.3. The molecule has 0 unspecified atom stereocenters. The Bertz CT molecular complexity index is 1600. The molecule has 1 spiro atoms. The van der Waals surface area contributed by atoms with Crippen molar-refractivity contribution in [3.63, 3.8) is 0 Å². The zero-order valence-corrected chi connectivity index (χ0v) is 26.7. The molecule has 10 heteroatoms. The third-order valence-electron chi connectivity index (χ3n) is 9.88. The highest BCUT2D eigenvalue weighted by atomic mass is 32.2. The Kier molecular flexibility index (Phi) is 7.91. The molecule has 1 saturated heterocycles. The van der Waals surface area contributed by atoms with E-state index in [1.807, 2.05) is 36.4 Å². The van der Waals surface area contributed by atoms with E-state index in [0.29, 0.717) is 56.2 Å². The number of hydrogen-bond acceptors (Lipinski definition) is 8. The van der Waals surface area contributed by atoms with Crippen LogP contribution in [0.2, 0.25) is 0 Å². The van der Waals surface area contributed by atoms with Crippen molar-refractivity contribution in [2.75, 3.05) is 13.1 Å². The van der Waals surface area contributed by atoms with Gasteiger partial charge in [-0.2, -0.15) is 0 Å². The van der Waals surface area contributed by atoms with Gasteiger partial charge in [-0.15, -0.1) is 6.58 Å². The third kappa shape index (κ3) is 4.95. The summed E-state index contributed by atoms with van der Waals surface area (Å²) in [5.74, 6) is 0.123. The smallest absolute Gasteiger partial charge is 0.308 e. The van der Waals surface area contributed by atoms with E-state index in [-0.39, 0.29) is 17.8 Å². The number of carbonyl (C=O) groups excluding carboxylic acids is 2. The number of sulfonamides is 1. The minimum atomic E-state index is -3.80. The quantitative estimate of drug-likeness (QED) is 0.238. The first-order valence-electron chi connectivity index (χ1n) is 15.5. The Morgan fingerprint density at radius 2 is 1.89 bits per heavy atom. The number of likely N-dealkylation sites (tertiary alicyclic amines) is 1. The molecule has 2 aliphatic carbocycles. The molecule has 5 atom stereocenters. The minimum Gasteiger partial charge on any atom is -0.483 e. The van der Waals surface area contributed by atoms with E-state index in [2.05, 4.69) is 30.0 Å². The number of nitrogens with zero attached hydrogens (tertiary/aromatic N) is 1. The van der Waals surface area contributed by atoms with Crippen molar-refractivity contribution >= 4 is 22.0 Å². The molecule has 4 aliphatic rings. The summed E-state index contributed by atoms with van der Waals surface area (Å²) in [5, 5.41) is 0. The van der Waals surface area contributed by atoms with Crippen LogP contribution in [-0.4, -0.2) is 62.1 Å². The lowest BCUT2D eigenvalue weighted by Crippen LogP contribution is -2.79. The molecule has 44 heavy (non-hydrogen) atoms. The summed E-state index contributed by atoms with van der Waals surface area (Å²) in [4.78, 5) is 27.2. The maximum absolute atomic E-state index is 13.9. The molecule has 2 aliphatic heterocycles. The number of carbonyl (C=O) groups is 2. The van der Waals surface area contributed by atoms with E-state index in [9.17, 15) is 18.0 Å². The van der Waals surface area contributed by atoms with Gasteiger partial charge in [-0.3, -0.25) is 14.5 Å². The largest absolute Gasteiger partial charge is 0.483 e. The van der Waals surface area contributed by atoms with Gasteiger partial charge in [-0.1, -0.05) is 50.3 Å². The normalized spacial score (nSPS) is 28.6. The van der Waals surface area contributed by atoms with E-state index < -0.39 is 39.2 Å². The number of hydrogen-bond donors (Lipinski definition) is 1. The van der Waals surface area contributed by atoms with Crippen molar-refractivity contribution in [3.05, 3.63) is 71.3 Å². The highest BCUT2D eigenvalue weighted by Gasteiger charge is 2.75. The summed E-state index contributed by atoms with van der Waals surface area (Å²) in [5.41, 5.74) is 1.93. The van der Waals surface area contributed by atoms with E-state index in [0.717, 1.165) is 28.7 Å². The Morgan fingerprint density at radius 3 is 2.57 bits per heavy atom. The van der Waals surface area contributed by atoms with Gasteiger partial charge >= 0.3 is 11.9 Å². The Hall–Kier alpha value is -3.21. The van der Waals surface area contributed by atoms with Crippen molar-refractivity contribution in [2.24, 2.45) is 5.92 Å². The summed E-state index contributed by atoms with van der Waals surface area (Å²) in [6.45, 7) is 12.3. The Morgan fingerprint density at radius 1 is 1.14 bits per heavy atom. The predicted molar refractivity (Wildman–Crippen MR) is 166 cm³/mol. The molecule has 0 amide bonds. The molecule has 9 nitrogen and oxygen atoms in total. The first-order valence-corrected chi connectivity index (χ1v) is 17.2. The maximum atomic E-state index is 13.9. The number of piperidine rings is 1. The van der Waals surface area contributed by atoms with Gasteiger partial charge in [0.15, 0.2) is 11.5 Å². The Balaban J connectivity index is 1.44. The molecular weight excluding hydrogens is 580 g/mol. The van der Waals surface area contributed by atoms with Crippen molar-refractivity contribution in [2.45, 2.75) is 94.8 Å². The van der Waals surface area contributed by atoms with Crippen LogP contribution in [0.5, 0.6) is 11.5 Å². The summed E-state index contributed by atoms with van der Waals surface area (Å²) in [6.07, 6.45) is 4.04. The topological polar surface area (TPSA) is 111 Å². The fourth-order valence-corrected chi connectivity index (χ4v) is 10.1. The first kappa shape index (κ1) is 30.8. The van der Waals surface area contributed by atoms with Crippen molar-refractivity contribution in [1.82, 2.24) is 9.62 Å². The zero-order valence-electron chi connectivity index (χ0n) is 25.9. The van der Waals surface area contributed by atoms with Crippen LogP contribution in [0.4, 0.5) is 0 Å². The van der Waals surface area contributed by atoms with Gasteiger partial charge in [0.2, 0.25) is 10.0 Å². The third-order valence-corrected chi connectivity index (χ3v) is 11.2. The lowest BCUT2D eigenvalue weighted by atomic mass is 9.48. The van der Waals surface area contributed by atoms with Crippen LogP contribution in [0.1, 0.15) is 69.2 Å². The number of rotatable bonds is 10. The molecule has 2 fully saturated rings. The predicted octanol–water partition coefficient (Wildman–Crippen LogP) is 4.21. The molecule has 6 rings (SSSR count). The lowest BCUT2D eigenvalue weighted by molar-refractivity contribution is -0.217. The molecule has 2 bridgehead atoms. The average molecular weight is 623 g/mol. The molecule has 0 aromatic heterocycles. The van der Waals surface area contributed by atoms with Crippen LogP contribution in [0.25, 0.3) is 0 Å². The number of ether oxygens (including phenoxy) is 3. The molecule has 0 radical (unpaired) electrons. The van der Waals surface area contributed by atoms with Gasteiger partial charge in [0.1, 0.15) is 11.7 Å². The molecule has 1 saturated carbocycles. The number of nitrogens with one attached hydrogen (secondary N) is 1. The monoisotopic (exact) mass is 622 g/mol. The second-order valence-corrected chi connectivity index (χ2v) is 14.9. The molecule has 2 heterocycles. The standard InChI is InChI=1S/C34H42N2O7S/c1-6-16-36-17-15-33-30-25-11-12-28(41-22(4)37)31(30)42-32(33)27(13-14-34(33,29(36)19-25)43-23(5)38)35-44(39,40)20-26-10-8-7-9-24(26)18-21(2)3/h6-12,21,27,29,32,35H,1,13-20H2,2-5H3/t27-,29+,32-,33-,34+/m0/s1. The first-order chi connectivity index (χ1) is 20.9. The van der Waals surface area contributed by atoms with E-state index in [4.69, 9.17) is 14.2 Å². The summed E-state index contributed by atoms with van der Waals surface area (Å²) >= 11 is 0. The van der Waals surface area contributed by atoms with Crippen LogP contribution in [0.15, 0.2) is 49.1 Å². The molecular formula is C34H42N2O7S. The number of benzene rings is 2. The van der Waals surface area contributed by atoms with Gasteiger partial charge in [-0.05, 0) is 60.8 Å². The van der Waals surface area contributed by atoms with E-state index in [1.54, 1.807) is 6.07 Å². The van der Waals surface area contributed by atoms with Gasteiger partial charge in [0.25, 0.3) is 0 Å². The zero-order chi connectivity index (χ0) is 31.4. The van der Waals surface area contributed by atoms with Crippen molar-refractivity contribution in [1.29, 1.82) is 0 Å². The second-order valence-electron chi connectivity index (χ2n) is 13.2. The van der Waals surface area contributed by atoms with Gasteiger partial charge < -0.3 is 14.2 Å². The van der Waals surface area contributed by atoms with Crippen LogP contribution in [0.3, 0.4) is 0 Å². The summed E-state index contributed by atoms with van der Waals surface area (Å²) in [6, 6.07) is 10.7. The highest BCUT2D eigenvalue weighted by molar-refractivity contribution is 7.88. The number of esters is 2. The van der Waals surface area contributed by atoms with E-state index in [1.165, 1.54) is 13.8 Å². The summed E-state index contributed by atoms with van der Waals surface area (Å²) in [7, 11) is -3.80. The maximum Gasteiger partial charge on any atom is 0.308 e. The molecule has 236 valence electrons. The van der Waals surface area contributed by atoms with Crippen LogP contribution >= 0.6 is 0 Å². The van der Waals surface area contributed by atoms with Gasteiger partial charge in [0.05, 0.1) is 23.3 Å². The minimum absolute atomic E-state index is 0.145. The Labute approximate surface area is 260 Å². The van der Waals surface area contributed by atoms with Crippen molar-refractivity contribution in [3.8, 4) is 11.5 Å². The van der Waals surface area contributed by atoms with Crippen molar-refractivity contribution < 1.29 is 32.2 Å². The summed E-state index contributed by atoms with van der Waals surface area (Å²) < 4.78 is 49.6. The van der Waals surface area contributed by atoms with Crippen LogP contribution < -0.4 is 14.2 Å². The van der Waals surface area contributed by atoms with Crippen LogP contribution in [-0.2, 0) is 48.4 Å². The molecule has 1 N–H and O–H groups in total. The van der Waals surface area contributed by atoms with E-state index >= 15 is 0 Å². The fourth-order valence-electron chi connectivity index (χ4n) is 8.61. The SMILES string of the molecule is C=CCN1CC[C@]23c4c5ccc(OC(C)=O)c4O[C@H]2[C@@H](NS(=O)(=O)Cc2ccccc2CC(C)C)CC[C@@]3(OC(C)=O)[C@H]1C5. The molecule has 2 aromatic rings. The van der Waals surface area contributed by atoms with Gasteiger partial charge in [-0.25, -0.2) is 13.1 Å². The highest BCUT2D eigenvalue weighted by Crippen LogP contribution is 2.66. The lowest BCUT2D eigenvalue weighted by Gasteiger charge is -2.65. The van der Waals surface area contributed by atoms with Crippen LogP contribution in [0, 0.1) is 5.92 Å². The average Bonchev–Trinajstić information content (AvgIpc) is 3.29.